The average Bonchev–Trinajstić information content (AvgIpc) is 3.36. The molecule has 7 nitrogen and oxygen atoms in total. The summed E-state index contributed by atoms with van der Waals surface area (Å²) in [6.45, 7) is 2.63. The van der Waals surface area contributed by atoms with Crippen LogP contribution in [-0.2, 0) is 22.7 Å². The van der Waals surface area contributed by atoms with Gasteiger partial charge in [-0.1, -0.05) is 0 Å². The van der Waals surface area contributed by atoms with E-state index in [1.54, 1.807) is 12.3 Å². The molecule has 2 atom stereocenters. The number of fused-ring (bicyclic) bond motifs is 2. The van der Waals surface area contributed by atoms with E-state index in [9.17, 15) is 18.0 Å². The van der Waals surface area contributed by atoms with E-state index >= 15 is 0 Å². The molecule has 6 rings (SSSR count). The van der Waals surface area contributed by atoms with Crippen molar-refractivity contribution in [2.75, 3.05) is 6.61 Å². The Balaban J connectivity index is 1.52. The van der Waals surface area contributed by atoms with Gasteiger partial charge in [0.25, 0.3) is 5.56 Å². The highest BCUT2D eigenvalue weighted by molar-refractivity contribution is 5.62. The van der Waals surface area contributed by atoms with Crippen LogP contribution >= 0.6 is 0 Å². The van der Waals surface area contributed by atoms with Crippen LogP contribution in [0.1, 0.15) is 53.1 Å². The second kappa shape index (κ2) is 8.79. The van der Waals surface area contributed by atoms with Crippen LogP contribution in [0.5, 0.6) is 0 Å². The first-order valence-electron chi connectivity index (χ1n) is 11.6. The number of nitrogens with zero attached hydrogens (tertiary/aromatic N) is 4. The lowest BCUT2D eigenvalue weighted by atomic mass is 9.89. The topological polar surface area (TPSA) is 78.6 Å². The van der Waals surface area contributed by atoms with Crippen LogP contribution in [0.2, 0.25) is 0 Å². The zero-order valence-electron chi connectivity index (χ0n) is 19.3. The molecule has 2 aliphatic rings. The normalized spacial score (nSPS) is 19.6. The fourth-order valence-electron chi connectivity index (χ4n) is 4.92. The molecule has 5 heterocycles. The molecule has 36 heavy (non-hydrogen) atoms. The van der Waals surface area contributed by atoms with Gasteiger partial charge >= 0.3 is 0 Å². The number of hydrogen-bond donors (Lipinski definition) is 0. The molecule has 0 bridgehead atoms. The highest BCUT2D eigenvalue weighted by atomic mass is 19.2. The predicted molar refractivity (Wildman–Crippen MR) is 123 cm³/mol. The molecular formula is C26H21F3N4O3. The van der Waals surface area contributed by atoms with Gasteiger partial charge in [0.05, 0.1) is 36.1 Å². The van der Waals surface area contributed by atoms with Crippen molar-refractivity contribution in [3.05, 3.63) is 92.5 Å². The minimum absolute atomic E-state index is 0.0680. The second-order valence-corrected chi connectivity index (χ2v) is 9.07. The third-order valence-corrected chi connectivity index (χ3v) is 6.77. The molecular weight excluding hydrogens is 473 g/mol. The molecule has 0 aliphatic carbocycles. The summed E-state index contributed by atoms with van der Waals surface area (Å²) in [6.07, 6.45) is 2.76. The van der Waals surface area contributed by atoms with Crippen LogP contribution in [0.15, 0.2) is 41.3 Å². The van der Waals surface area contributed by atoms with Gasteiger partial charge in [-0.2, -0.15) is 0 Å². The second-order valence-electron chi connectivity index (χ2n) is 9.07. The Labute approximate surface area is 203 Å². The third kappa shape index (κ3) is 3.77. The molecule has 2 aliphatic heterocycles. The van der Waals surface area contributed by atoms with Gasteiger partial charge < -0.3 is 9.47 Å². The smallest absolute Gasteiger partial charge is 0.265 e. The van der Waals surface area contributed by atoms with Gasteiger partial charge in [-0.3, -0.25) is 9.78 Å². The number of hydrogen-bond acceptors (Lipinski definition) is 6. The zero-order valence-corrected chi connectivity index (χ0v) is 19.3. The van der Waals surface area contributed by atoms with Crippen LogP contribution in [0.3, 0.4) is 0 Å². The molecule has 0 spiro atoms. The zero-order chi connectivity index (χ0) is 25.0. The monoisotopic (exact) mass is 494 g/mol. The first kappa shape index (κ1) is 22.8. The quantitative estimate of drug-likeness (QED) is 0.389. The van der Waals surface area contributed by atoms with Crippen molar-refractivity contribution in [1.82, 2.24) is 19.4 Å². The minimum atomic E-state index is -1.63. The van der Waals surface area contributed by atoms with Gasteiger partial charge in [-0.25, -0.2) is 27.5 Å². The molecule has 0 N–H and O–H groups in total. The standard InChI is InChI=1S/C26H21F3N4O3/c1-13-8-15(4-6-30-13)21-9-14(5-7-36-21)19-10-22-31-20-12-35-11-17(20)26(34)33(22)25(32-19)16-2-3-18(27)24(29)23(16)28/h2-4,6,8,10,14,21H,5,7,9,11-12H2,1H3/t14-,21+/m1/s1. The maximum absolute atomic E-state index is 14.9. The number of pyridine rings is 1. The SMILES string of the molecule is Cc1cc([C@@H]2C[C@H](c3cc4nc5c(c(=O)n4c(-c4ccc(F)c(F)c4F)n3)COC5)CCO2)ccn1. The summed E-state index contributed by atoms with van der Waals surface area (Å²) in [7, 11) is 0. The molecule has 1 aromatic carbocycles. The fraction of sp³-hybridized carbons (Fsp3) is 0.308. The van der Waals surface area contributed by atoms with E-state index in [-0.39, 0.29) is 42.3 Å². The molecule has 4 aromatic rings. The number of aryl methyl sites for hydroxylation is 1. The Kier molecular flexibility index (Phi) is 5.57. The summed E-state index contributed by atoms with van der Waals surface area (Å²) >= 11 is 0. The molecule has 184 valence electrons. The Bertz CT molecular complexity index is 1570. The van der Waals surface area contributed by atoms with Gasteiger partial charge in [0, 0.05) is 36.2 Å². The number of rotatable bonds is 3. The Hall–Kier alpha value is -3.63. The van der Waals surface area contributed by atoms with Gasteiger partial charge in [-0.15, -0.1) is 0 Å². The van der Waals surface area contributed by atoms with E-state index in [2.05, 4.69) is 15.0 Å². The Morgan fingerprint density at radius 1 is 1.06 bits per heavy atom. The van der Waals surface area contributed by atoms with Crippen LogP contribution < -0.4 is 5.56 Å². The molecule has 0 radical (unpaired) electrons. The van der Waals surface area contributed by atoms with Crippen molar-refractivity contribution in [1.29, 1.82) is 0 Å². The van der Waals surface area contributed by atoms with E-state index in [0.29, 0.717) is 36.4 Å². The minimum Gasteiger partial charge on any atom is -0.373 e. The van der Waals surface area contributed by atoms with Gasteiger partial charge in [0.2, 0.25) is 0 Å². The molecule has 1 fully saturated rings. The summed E-state index contributed by atoms with van der Waals surface area (Å²) in [4.78, 5) is 26.8. The van der Waals surface area contributed by atoms with Crippen molar-refractivity contribution in [2.24, 2.45) is 0 Å². The molecule has 10 heteroatoms. The lowest BCUT2D eigenvalue weighted by Gasteiger charge is -2.30. The Morgan fingerprint density at radius 3 is 2.75 bits per heavy atom. The van der Waals surface area contributed by atoms with Crippen molar-refractivity contribution >= 4 is 5.65 Å². The van der Waals surface area contributed by atoms with Gasteiger partial charge in [0.1, 0.15) is 5.65 Å². The molecule has 0 amide bonds. The van der Waals surface area contributed by atoms with E-state index in [4.69, 9.17) is 9.47 Å². The van der Waals surface area contributed by atoms with E-state index in [1.807, 2.05) is 19.1 Å². The van der Waals surface area contributed by atoms with E-state index < -0.39 is 23.0 Å². The molecule has 0 unspecified atom stereocenters. The number of ether oxygens (including phenoxy) is 2. The van der Waals surface area contributed by atoms with E-state index in [1.165, 1.54) is 0 Å². The van der Waals surface area contributed by atoms with Gasteiger partial charge in [0.15, 0.2) is 23.3 Å². The average molecular weight is 494 g/mol. The fourth-order valence-corrected chi connectivity index (χ4v) is 4.92. The van der Waals surface area contributed by atoms with Crippen LogP contribution in [-0.4, -0.2) is 26.0 Å². The van der Waals surface area contributed by atoms with Crippen molar-refractivity contribution in [2.45, 2.75) is 45.0 Å². The lowest BCUT2D eigenvalue weighted by Crippen LogP contribution is -2.25. The van der Waals surface area contributed by atoms with Crippen molar-refractivity contribution in [3.8, 4) is 11.4 Å². The van der Waals surface area contributed by atoms with Gasteiger partial charge in [-0.05, 0) is 49.6 Å². The maximum atomic E-state index is 14.9. The Morgan fingerprint density at radius 2 is 1.92 bits per heavy atom. The van der Waals surface area contributed by atoms with Crippen molar-refractivity contribution in [3.63, 3.8) is 0 Å². The molecule has 3 aromatic heterocycles. The first-order valence-corrected chi connectivity index (χ1v) is 11.6. The maximum Gasteiger partial charge on any atom is 0.265 e. The predicted octanol–water partition coefficient (Wildman–Crippen LogP) is 4.54. The highest BCUT2D eigenvalue weighted by Crippen LogP contribution is 2.38. The molecule has 1 saturated heterocycles. The van der Waals surface area contributed by atoms with E-state index in [0.717, 1.165) is 27.8 Å². The number of aromatic nitrogens is 4. The summed E-state index contributed by atoms with van der Waals surface area (Å²) in [6, 6.07) is 7.47. The highest BCUT2D eigenvalue weighted by Gasteiger charge is 2.29. The summed E-state index contributed by atoms with van der Waals surface area (Å²) in [5, 5.41) is 0. The first-order chi connectivity index (χ1) is 17.4. The number of halogens is 3. The van der Waals surface area contributed by atoms with Crippen molar-refractivity contribution < 1.29 is 22.6 Å². The van der Waals surface area contributed by atoms with Crippen LogP contribution in [0.4, 0.5) is 13.2 Å². The van der Waals surface area contributed by atoms with Crippen LogP contribution in [0, 0.1) is 24.4 Å². The summed E-state index contributed by atoms with van der Waals surface area (Å²) in [5.74, 6) is -4.60. The largest absolute Gasteiger partial charge is 0.373 e. The summed E-state index contributed by atoms with van der Waals surface area (Å²) < 4.78 is 55.4. The summed E-state index contributed by atoms with van der Waals surface area (Å²) in [5.41, 5.74) is 2.73. The van der Waals surface area contributed by atoms with Crippen LogP contribution in [0.25, 0.3) is 17.0 Å². The molecule has 0 saturated carbocycles. The number of benzene rings is 1. The third-order valence-electron chi connectivity index (χ3n) is 6.77. The lowest BCUT2D eigenvalue weighted by molar-refractivity contribution is 0.00457.